The first-order valence-electron chi connectivity index (χ1n) is 10.9. The number of rotatable bonds is 6. The van der Waals surface area contributed by atoms with Crippen LogP contribution < -0.4 is 15.0 Å². The summed E-state index contributed by atoms with van der Waals surface area (Å²) in [4.78, 5) is 18.3. The van der Waals surface area contributed by atoms with Gasteiger partial charge in [-0.1, -0.05) is 0 Å². The van der Waals surface area contributed by atoms with Crippen molar-refractivity contribution >= 4 is 17.6 Å². The highest BCUT2D eigenvalue weighted by Gasteiger charge is 2.47. The normalized spacial score (nSPS) is 24.2. The molecular weight excluding hydrogens is 449 g/mol. The van der Waals surface area contributed by atoms with Gasteiger partial charge in [0, 0.05) is 30.9 Å². The van der Waals surface area contributed by atoms with Crippen molar-refractivity contribution in [2.24, 2.45) is 11.8 Å². The van der Waals surface area contributed by atoms with Gasteiger partial charge in [0.2, 0.25) is 0 Å². The minimum absolute atomic E-state index is 0.0763. The van der Waals surface area contributed by atoms with Crippen LogP contribution in [0.15, 0.2) is 16.5 Å². The molecular formula is C22H22F5N3O3. The summed E-state index contributed by atoms with van der Waals surface area (Å²) in [5.41, 5.74) is -0.833. The molecule has 1 aromatic carbocycles. The summed E-state index contributed by atoms with van der Waals surface area (Å²) in [7, 11) is 0. The summed E-state index contributed by atoms with van der Waals surface area (Å²) in [6.45, 7) is 1.10. The molecule has 5 rings (SSSR count). The van der Waals surface area contributed by atoms with Crippen molar-refractivity contribution in [3.05, 3.63) is 35.2 Å². The van der Waals surface area contributed by atoms with Gasteiger partial charge in [0.05, 0.1) is 6.10 Å². The molecule has 2 aromatic rings. The fourth-order valence-corrected chi connectivity index (χ4v) is 4.72. The third kappa shape index (κ3) is 4.77. The van der Waals surface area contributed by atoms with Crippen LogP contribution in [0.5, 0.6) is 5.75 Å². The maximum Gasteiger partial charge on any atom is 0.396 e. The molecule has 0 bridgehead atoms. The molecule has 3 fully saturated rings. The van der Waals surface area contributed by atoms with Gasteiger partial charge in [-0.05, 0) is 43.9 Å². The summed E-state index contributed by atoms with van der Waals surface area (Å²) >= 11 is 0. The highest BCUT2D eigenvalue weighted by atomic mass is 19.4. The first-order valence-corrected chi connectivity index (χ1v) is 10.9. The number of nitrogens with one attached hydrogen (secondary N) is 1. The van der Waals surface area contributed by atoms with Gasteiger partial charge >= 0.3 is 6.18 Å². The molecule has 1 N–H and O–H groups in total. The summed E-state index contributed by atoms with van der Waals surface area (Å²) in [6, 6.07) is 1.67. The summed E-state index contributed by atoms with van der Waals surface area (Å²) < 4.78 is 78.8. The van der Waals surface area contributed by atoms with Crippen molar-refractivity contribution in [3.63, 3.8) is 0 Å². The molecule has 33 heavy (non-hydrogen) atoms. The van der Waals surface area contributed by atoms with Crippen LogP contribution in [0.3, 0.4) is 0 Å². The van der Waals surface area contributed by atoms with Crippen LogP contribution in [0.4, 0.5) is 33.7 Å². The van der Waals surface area contributed by atoms with Gasteiger partial charge < -0.3 is 19.4 Å². The van der Waals surface area contributed by atoms with Gasteiger partial charge in [-0.3, -0.25) is 4.79 Å². The lowest BCUT2D eigenvalue weighted by Gasteiger charge is -2.17. The lowest BCUT2D eigenvalue weighted by Crippen LogP contribution is -2.20. The van der Waals surface area contributed by atoms with Crippen LogP contribution >= 0.6 is 0 Å². The summed E-state index contributed by atoms with van der Waals surface area (Å²) in [6.07, 6.45) is -2.06. The Morgan fingerprint density at radius 3 is 2.36 bits per heavy atom. The lowest BCUT2D eigenvalue weighted by molar-refractivity contribution is -0.130. The predicted molar refractivity (Wildman–Crippen MR) is 107 cm³/mol. The molecule has 1 saturated heterocycles. The van der Waals surface area contributed by atoms with E-state index in [1.165, 1.54) is 0 Å². The van der Waals surface area contributed by atoms with Crippen LogP contribution in [-0.2, 0) is 6.42 Å². The van der Waals surface area contributed by atoms with Gasteiger partial charge in [0.15, 0.2) is 23.1 Å². The largest absolute Gasteiger partial charge is 0.484 e. The Balaban J connectivity index is 1.34. The number of benzene rings is 1. The van der Waals surface area contributed by atoms with Crippen LogP contribution in [0, 0.1) is 23.5 Å². The summed E-state index contributed by atoms with van der Waals surface area (Å²) in [5, 5.41) is 2.22. The Morgan fingerprint density at radius 1 is 1.12 bits per heavy atom. The minimum Gasteiger partial charge on any atom is -0.484 e. The van der Waals surface area contributed by atoms with E-state index < -0.39 is 47.3 Å². The minimum atomic E-state index is -4.63. The molecule has 178 valence electrons. The Bertz CT molecular complexity index is 1030. The average molecular weight is 471 g/mol. The van der Waals surface area contributed by atoms with Crippen LogP contribution in [-0.4, -0.2) is 36.3 Å². The average Bonchev–Trinajstić information content (AvgIpc) is 3.13. The number of ether oxygens (including phenoxy) is 1. The first-order chi connectivity index (χ1) is 15.7. The number of oxazole rings is 1. The van der Waals surface area contributed by atoms with E-state index in [-0.39, 0.29) is 17.8 Å². The van der Waals surface area contributed by atoms with Gasteiger partial charge in [0.25, 0.3) is 11.9 Å². The number of amides is 1. The zero-order valence-corrected chi connectivity index (χ0v) is 17.6. The molecule has 0 spiro atoms. The Hall–Kier alpha value is -2.85. The van der Waals surface area contributed by atoms with E-state index in [1.807, 2.05) is 0 Å². The standard InChI is InChI=1S/C22H22F5N3O3/c23-15-8-13(9-16(24)19(15)32-14-6-11-5-12(11)7-14)28-20(31)18-17(10-22(25,26)27)33-21(29-18)30-3-1-2-4-30/h8-9,11-12,14H,1-7,10H2,(H,28,31). The van der Waals surface area contributed by atoms with Crippen molar-refractivity contribution in [3.8, 4) is 5.75 Å². The van der Waals surface area contributed by atoms with Gasteiger partial charge in [-0.25, -0.2) is 8.78 Å². The number of alkyl halides is 3. The quantitative estimate of drug-likeness (QED) is 0.595. The third-order valence-corrected chi connectivity index (χ3v) is 6.38. The molecule has 2 saturated carbocycles. The number of aromatic nitrogens is 1. The van der Waals surface area contributed by atoms with Crippen LogP contribution in [0.2, 0.25) is 0 Å². The highest BCUT2D eigenvalue weighted by Crippen LogP contribution is 2.52. The van der Waals surface area contributed by atoms with E-state index in [9.17, 15) is 26.7 Å². The number of nitrogens with zero attached hydrogens (tertiary/aromatic N) is 2. The molecule has 2 heterocycles. The lowest BCUT2D eigenvalue weighted by atomic mass is 10.2. The maximum atomic E-state index is 14.5. The number of carbonyl (C=O) groups is 1. The zero-order valence-electron chi connectivity index (χ0n) is 17.6. The highest BCUT2D eigenvalue weighted by molar-refractivity contribution is 6.03. The van der Waals surface area contributed by atoms with E-state index in [2.05, 4.69) is 10.3 Å². The Labute approximate surface area is 186 Å². The monoisotopic (exact) mass is 471 g/mol. The Morgan fingerprint density at radius 2 is 1.76 bits per heavy atom. The fraction of sp³-hybridized carbons (Fsp3) is 0.545. The van der Waals surface area contributed by atoms with Crippen molar-refractivity contribution in [1.82, 2.24) is 4.98 Å². The molecule has 1 aromatic heterocycles. The van der Waals surface area contributed by atoms with Crippen LogP contribution in [0.25, 0.3) is 0 Å². The molecule has 2 aliphatic carbocycles. The van der Waals surface area contributed by atoms with Crippen molar-refractivity contribution in [1.29, 1.82) is 0 Å². The maximum absolute atomic E-state index is 14.5. The summed E-state index contributed by atoms with van der Waals surface area (Å²) in [5.74, 6) is -3.08. The van der Waals surface area contributed by atoms with E-state index in [0.29, 0.717) is 24.9 Å². The van der Waals surface area contributed by atoms with Crippen LogP contribution in [0.1, 0.15) is 48.4 Å². The SMILES string of the molecule is O=C(Nc1cc(F)c(OC2CC3CC3C2)c(F)c1)c1nc(N2CCCC2)oc1CC(F)(F)F. The first kappa shape index (κ1) is 22.0. The van der Waals surface area contributed by atoms with Crippen molar-refractivity contribution < 1.29 is 35.9 Å². The van der Waals surface area contributed by atoms with E-state index >= 15 is 0 Å². The molecule has 11 heteroatoms. The second-order valence-corrected chi connectivity index (χ2v) is 8.94. The Kier molecular flexibility index (Phi) is 5.44. The van der Waals surface area contributed by atoms with E-state index in [1.54, 1.807) is 4.90 Å². The van der Waals surface area contributed by atoms with E-state index in [4.69, 9.17) is 9.15 Å². The molecule has 0 radical (unpaired) electrons. The molecule has 6 nitrogen and oxygen atoms in total. The molecule has 1 amide bonds. The predicted octanol–water partition coefficient (Wildman–Crippen LogP) is 5.09. The van der Waals surface area contributed by atoms with Gasteiger partial charge in [0.1, 0.15) is 12.2 Å². The number of hydrogen-bond acceptors (Lipinski definition) is 5. The number of fused-ring (bicyclic) bond motifs is 1. The molecule has 2 unspecified atom stereocenters. The van der Waals surface area contributed by atoms with Gasteiger partial charge in [-0.15, -0.1) is 0 Å². The molecule has 3 aliphatic rings. The van der Waals surface area contributed by atoms with Crippen molar-refractivity contribution in [2.45, 2.75) is 50.8 Å². The number of halogens is 5. The second kappa shape index (κ2) is 8.18. The fourth-order valence-electron chi connectivity index (χ4n) is 4.72. The second-order valence-electron chi connectivity index (χ2n) is 8.94. The number of hydrogen-bond donors (Lipinski definition) is 1. The third-order valence-electron chi connectivity index (χ3n) is 6.38. The van der Waals surface area contributed by atoms with E-state index in [0.717, 1.165) is 44.2 Å². The molecule has 1 aliphatic heterocycles. The smallest absolute Gasteiger partial charge is 0.396 e. The van der Waals surface area contributed by atoms with Crippen molar-refractivity contribution in [2.75, 3.05) is 23.3 Å². The zero-order chi connectivity index (χ0) is 23.3. The number of carbonyl (C=O) groups excluding carboxylic acids is 1. The molecule has 2 atom stereocenters. The number of anilines is 2. The topological polar surface area (TPSA) is 67.6 Å². The van der Waals surface area contributed by atoms with Gasteiger partial charge in [-0.2, -0.15) is 18.2 Å².